The number of fused-ring (bicyclic) bond motifs is 3. The second kappa shape index (κ2) is 7.70. The van der Waals surface area contributed by atoms with Crippen molar-refractivity contribution < 1.29 is 13.6 Å². The lowest BCUT2D eigenvalue weighted by Gasteiger charge is -2.24. The lowest BCUT2D eigenvalue weighted by Crippen LogP contribution is -2.41. The van der Waals surface area contributed by atoms with Crippen molar-refractivity contribution in [1.29, 1.82) is 0 Å². The van der Waals surface area contributed by atoms with Crippen LogP contribution in [0.4, 0.5) is 15.0 Å². The Bertz CT molecular complexity index is 1190. The van der Waals surface area contributed by atoms with Crippen LogP contribution in [0.15, 0.2) is 59.3 Å². The molecule has 0 bridgehead atoms. The maximum Gasteiger partial charge on any atom is 0.317 e. The summed E-state index contributed by atoms with van der Waals surface area (Å²) in [5.74, 6) is 1.24. The van der Waals surface area contributed by atoms with E-state index < -0.39 is 0 Å². The third-order valence-electron chi connectivity index (χ3n) is 5.48. The van der Waals surface area contributed by atoms with Crippen molar-refractivity contribution in [1.82, 2.24) is 19.6 Å². The van der Waals surface area contributed by atoms with Crippen LogP contribution in [-0.4, -0.2) is 46.5 Å². The van der Waals surface area contributed by atoms with Crippen molar-refractivity contribution in [3.63, 3.8) is 0 Å². The second-order valence-electron chi connectivity index (χ2n) is 7.40. The van der Waals surface area contributed by atoms with Gasteiger partial charge in [0.15, 0.2) is 5.82 Å². The molecule has 4 heterocycles. The topological polar surface area (TPSA) is 66.0 Å². The number of amides is 2. The molecule has 8 heteroatoms. The lowest BCUT2D eigenvalue weighted by atomic mass is 10.2. The number of furan rings is 1. The molecule has 0 aliphatic carbocycles. The van der Waals surface area contributed by atoms with Crippen LogP contribution < -0.4 is 10.2 Å². The van der Waals surface area contributed by atoms with E-state index in [-0.39, 0.29) is 11.8 Å². The van der Waals surface area contributed by atoms with Gasteiger partial charge in [-0.1, -0.05) is 0 Å². The van der Waals surface area contributed by atoms with Gasteiger partial charge in [0.25, 0.3) is 0 Å². The number of nitrogens with zero attached hydrogens (tertiary/aromatic N) is 4. The zero-order chi connectivity index (χ0) is 20.5. The van der Waals surface area contributed by atoms with Gasteiger partial charge < -0.3 is 23.9 Å². The highest BCUT2D eigenvalue weighted by Crippen LogP contribution is 2.26. The molecule has 0 unspecified atom stereocenters. The Morgan fingerprint density at radius 3 is 2.90 bits per heavy atom. The number of hydrogen-bond acceptors (Lipinski definition) is 4. The van der Waals surface area contributed by atoms with E-state index in [1.165, 1.54) is 12.1 Å². The summed E-state index contributed by atoms with van der Waals surface area (Å²) >= 11 is 0. The fourth-order valence-corrected chi connectivity index (χ4v) is 3.99. The average molecular weight is 407 g/mol. The number of rotatable bonds is 3. The lowest BCUT2D eigenvalue weighted by molar-refractivity contribution is 0.200. The Kier molecular flexibility index (Phi) is 4.74. The molecule has 1 fully saturated rings. The molecule has 7 nitrogen and oxygen atoms in total. The predicted molar refractivity (Wildman–Crippen MR) is 112 cm³/mol. The summed E-state index contributed by atoms with van der Waals surface area (Å²) in [6, 6.07) is 12.2. The number of aromatic nitrogens is 2. The van der Waals surface area contributed by atoms with E-state index in [1.807, 2.05) is 33.7 Å². The van der Waals surface area contributed by atoms with E-state index in [0.29, 0.717) is 31.7 Å². The molecule has 1 aromatic carbocycles. The molecule has 0 atom stereocenters. The minimum Gasteiger partial charge on any atom is -0.467 e. The van der Waals surface area contributed by atoms with Crippen molar-refractivity contribution in [2.75, 3.05) is 31.1 Å². The van der Waals surface area contributed by atoms with E-state index in [9.17, 15) is 9.18 Å². The van der Waals surface area contributed by atoms with Crippen molar-refractivity contribution in [2.24, 2.45) is 0 Å². The van der Waals surface area contributed by atoms with Gasteiger partial charge in [-0.25, -0.2) is 14.2 Å². The van der Waals surface area contributed by atoms with Crippen molar-refractivity contribution in [3.05, 3.63) is 66.5 Å². The largest absolute Gasteiger partial charge is 0.467 e. The number of urea groups is 1. The Hall–Kier alpha value is -3.55. The maximum absolute atomic E-state index is 13.8. The van der Waals surface area contributed by atoms with Crippen molar-refractivity contribution in [2.45, 2.75) is 13.0 Å². The molecule has 2 amide bonds. The van der Waals surface area contributed by atoms with Crippen LogP contribution in [0.3, 0.4) is 0 Å². The fraction of sp³-hybridized carbons (Fsp3) is 0.273. The number of carbonyl (C=O) groups is 1. The molecule has 30 heavy (non-hydrogen) atoms. The minimum atomic E-state index is -0.303. The monoisotopic (exact) mass is 407 g/mol. The Morgan fingerprint density at radius 2 is 2.03 bits per heavy atom. The molecule has 4 aromatic rings. The van der Waals surface area contributed by atoms with Crippen LogP contribution in [0, 0.1) is 5.82 Å². The SMILES string of the molecule is O=C(NCc1ccco1)N1CCCN(c2nc3cc(F)ccc3n3cccc23)CC1. The number of benzene rings is 1. The highest BCUT2D eigenvalue weighted by atomic mass is 19.1. The van der Waals surface area contributed by atoms with E-state index in [0.717, 1.165) is 35.6 Å². The maximum atomic E-state index is 13.8. The molecule has 1 saturated heterocycles. The van der Waals surface area contributed by atoms with Crippen LogP contribution in [0.5, 0.6) is 0 Å². The van der Waals surface area contributed by atoms with Crippen LogP contribution in [0.25, 0.3) is 16.6 Å². The zero-order valence-electron chi connectivity index (χ0n) is 16.4. The molecular formula is C22H22FN5O2. The van der Waals surface area contributed by atoms with Gasteiger partial charge in [-0.05, 0) is 42.8 Å². The second-order valence-corrected chi connectivity index (χ2v) is 7.40. The summed E-state index contributed by atoms with van der Waals surface area (Å²) in [6.45, 7) is 3.05. The molecule has 5 rings (SSSR count). The third kappa shape index (κ3) is 3.45. The van der Waals surface area contributed by atoms with Crippen LogP contribution in [0.1, 0.15) is 12.2 Å². The highest BCUT2D eigenvalue weighted by Gasteiger charge is 2.22. The first-order valence-electron chi connectivity index (χ1n) is 10.1. The predicted octanol–water partition coefficient (Wildman–Crippen LogP) is 3.64. The number of hydrogen-bond donors (Lipinski definition) is 1. The Morgan fingerprint density at radius 1 is 1.10 bits per heavy atom. The molecule has 1 aliphatic heterocycles. The van der Waals surface area contributed by atoms with Gasteiger partial charge in [0.05, 0.1) is 29.4 Å². The third-order valence-corrected chi connectivity index (χ3v) is 5.48. The van der Waals surface area contributed by atoms with Gasteiger partial charge in [-0.15, -0.1) is 0 Å². The summed E-state index contributed by atoms with van der Waals surface area (Å²) in [4.78, 5) is 21.3. The van der Waals surface area contributed by atoms with Gasteiger partial charge in [-0.3, -0.25) is 0 Å². The fourth-order valence-electron chi connectivity index (χ4n) is 3.99. The average Bonchev–Trinajstić information content (AvgIpc) is 3.39. The molecule has 3 aromatic heterocycles. The molecule has 0 saturated carbocycles. The standard InChI is InChI=1S/C22H22FN5O2/c23-16-6-7-19-18(14-16)25-21(20-5-1-10-28(19)20)26-8-3-9-27(12-11-26)22(29)24-15-17-4-2-13-30-17/h1-2,4-7,10,13-14H,3,8-9,11-12,15H2,(H,24,29). The summed E-state index contributed by atoms with van der Waals surface area (Å²) in [7, 11) is 0. The van der Waals surface area contributed by atoms with E-state index >= 15 is 0 Å². The number of carbonyl (C=O) groups excluding carboxylic acids is 1. The van der Waals surface area contributed by atoms with Crippen molar-refractivity contribution >= 4 is 28.4 Å². The van der Waals surface area contributed by atoms with Crippen LogP contribution in [-0.2, 0) is 6.54 Å². The van der Waals surface area contributed by atoms with Gasteiger partial charge in [0.2, 0.25) is 0 Å². The molecule has 0 spiro atoms. The van der Waals surface area contributed by atoms with Gasteiger partial charge >= 0.3 is 6.03 Å². The minimum absolute atomic E-state index is 0.102. The van der Waals surface area contributed by atoms with Gasteiger partial charge in [-0.2, -0.15) is 0 Å². The van der Waals surface area contributed by atoms with Gasteiger partial charge in [0.1, 0.15) is 11.6 Å². The smallest absolute Gasteiger partial charge is 0.317 e. The summed E-state index contributed by atoms with van der Waals surface area (Å²) in [6.07, 6.45) is 4.38. The van der Waals surface area contributed by atoms with E-state index in [2.05, 4.69) is 10.2 Å². The van der Waals surface area contributed by atoms with Crippen molar-refractivity contribution in [3.8, 4) is 0 Å². The summed E-state index contributed by atoms with van der Waals surface area (Å²) in [5, 5.41) is 2.91. The quantitative estimate of drug-likeness (QED) is 0.563. The first-order valence-corrected chi connectivity index (χ1v) is 10.1. The van der Waals surface area contributed by atoms with E-state index in [4.69, 9.17) is 9.40 Å². The summed E-state index contributed by atoms with van der Waals surface area (Å²) in [5.41, 5.74) is 2.46. The van der Waals surface area contributed by atoms with Crippen LogP contribution in [0.2, 0.25) is 0 Å². The van der Waals surface area contributed by atoms with Crippen LogP contribution >= 0.6 is 0 Å². The molecule has 1 N–H and O–H groups in total. The normalized spacial score (nSPS) is 15.0. The number of nitrogens with one attached hydrogen (secondary N) is 1. The molecule has 154 valence electrons. The number of anilines is 1. The highest BCUT2D eigenvalue weighted by molar-refractivity contribution is 5.85. The van der Waals surface area contributed by atoms with E-state index in [1.54, 1.807) is 18.4 Å². The first kappa shape index (κ1) is 18.5. The Balaban J connectivity index is 1.36. The molecule has 1 aliphatic rings. The molecular weight excluding hydrogens is 385 g/mol. The first-order chi connectivity index (χ1) is 14.7. The zero-order valence-corrected chi connectivity index (χ0v) is 16.4. The van der Waals surface area contributed by atoms with Gasteiger partial charge in [0, 0.05) is 38.4 Å². The Labute approximate surface area is 172 Å². The molecule has 0 radical (unpaired) electrons. The summed E-state index contributed by atoms with van der Waals surface area (Å²) < 4.78 is 21.1. The number of halogens is 1.